The van der Waals surface area contributed by atoms with Crippen LogP contribution in [0.2, 0.25) is 0 Å². The molecule has 24 heavy (non-hydrogen) atoms. The van der Waals surface area contributed by atoms with E-state index in [0.717, 1.165) is 25.7 Å². The van der Waals surface area contributed by atoms with Gasteiger partial charge in [-0.2, -0.15) is 0 Å². The molecule has 0 rings (SSSR count). The largest absolute Gasteiger partial charge is 0.393 e. The van der Waals surface area contributed by atoms with E-state index in [-0.39, 0.29) is 12.2 Å². The third-order valence-electron chi connectivity index (χ3n) is 5.11. The Labute approximate surface area is 152 Å². The SMILES string of the molecule is CCCCCC[C@@H](O)CCCCCCCC[C@H](O)CCCCCC. The molecule has 146 valence electrons. The molecule has 0 aliphatic rings. The van der Waals surface area contributed by atoms with Gasteiger partial charge in [-0.3, -0.25) is 0 Å². The van der Waals surface area contributed by atoms with Crippen LogP contribution < -0.4 is 0 Å². The summed E-state index contributed by atoms with van der Waals surface area (Å²) in [4.78, 5) is 0. The molecule has 0 fully saturated rings. The van der Waals surface area contributed by atoms with E-state index in [1.807, 2.05) is 0 Å². The zero-order valence-corrected chi connectivity index (χ0v) is 16.8. The summed E-state index contributed by atoms with van der Waals surface area (Å²) >= 11 is 0. The van der Waals surface area contributed by atoms with Crippen molar-refractivity contribution in [3.63, 3.8) is 0 Å². The highest BCUT2D eigenvalue weighted by Crippen LogP contribution is 2.15. The van der Waals surface area contributed by atoms with E-state index in [9.17, 15) is 10.2 Å². The number of hydrogen-bond acceptors (Lipinski definition) is 2. The highest BCUT2D eigenvalue weighted by molar-refractivity contribution is 4.59. The quantitative estimate of drug-likeness (QED) is 0.254. The molecule has 2 N–H and O–H groups in total. The molecule has 0 aromatic heterocycles. The van der Waals surface area contributed by atoms with Crippen molar-refractivity contribution in [2.75, 3.05) is 0 Å². The van der Waals surface area contributed by atoms with Crippen LogP contribution in [-0.4, -0.2) is 22.4 Å². The summed E-state index contributed by atoms with van der Waals surface area (Å²) in [6.07, 6.45) is 21.4. The Balaban J connectivity index is 3.21. The van der Waals surface area contributed by atoms with Gasteiger partial charge in [-0.1, -0.05) is 104 Å². The van der Waals surface area contributed by atoms with E-state index in [4.69, 9.17) is 0 Å². The molecule has 2 atom stereocenters. The fourth-order valence-corrected chi connectivity index (χ4v) is 3.37. The van der Waals surface area contributed by atoms with Crippen LogP contribution in [-0.2, 0) is 0 Å². The summed E-state index contributed by atoms with van der Waals surface area (Å²) in [6.45, 7) is 4.45. The first-order chi connectivity index (χ1) is 11.7. The Morgan fingerprint density at radius 2 is 0.667 bits per heavy atom. The number of aliphatic hydroxyl groups is 2. The maximum atomic E-state index is 9.93. The average Bonchev–Trinajstić information content (AvgIpc) is 2.58. The van der Waals surface area contributed by atoms with Crippen molar-refractivity contribution in [2.45, 2.75) is 142 Å². The zero-order valence-electron chi connectivity index (χ0n) is 16.8. The second-order valence-electron chi connectivity index (χ2n) is 7.70. The zero-order chi connectivity index (χ0) is 17.9. The molecule has 0 aromatic carbocycles. The van der Waals surface area contributed by atoms with E-state index < -0.39 is 0 Å². The highest BCUT2D eigenvalue weighted by atomic mass is 16.3. The van der Waals surface area contributed by atoms with E-state index in [1.54, 1.807) is 0 Å². The van der Waals surface area contributed by atoms with Gasteiger partial charge in [0.15, 0.2) is 0 Å². The summed E-state index contributed by atoms with van der Waals surface area (Å²) < 4.78 is 0. The normalized spacial score (nSPS) is 14.0. The molecular weight excluding hydrogens is 296 g/mol. The Morgan fingerprint density at radius 1 is 0.417 bits per heavy atom. The van der Waals surface area contributed by atoms with Crippen molar-refractivity contribution in [3.8, 4) is 0 Å². The number of hydrogen-bond donors (Lipinski definition) is 2. The summed E-state index contributed by atoms with van der Waals surface area (Å²) in [5.74, 6) is 0. The Hall–Kier alpha value is -0.0800. The lowest BCUT2D eigenvalue weighted by atomic mass is 10.0. The second-order valence-corrected chi connectivity index (χ2v) is 7.70. The first kappa shape index (κ1) is 23.9. The molecule has 0 amide bonds. The van der Waals surface area contributed by atoms with Crippen LogP contribution in [0.5, 0.6) is 0 Å². The minimum Gasteiger partial charge on any atom is -0.393 e. The molecule has 0 aliphatic carbocycles. The van der Waals surface area contributed by atoms with Gasteiger partial charge in [-0.05, 0) is 25.7 Å². The summed E-state index contributed by atoms with van der Waals surface area (Å²) in [5.41, 5.74) is 0. The van der Waals surface area contributed by atoms with Gasteiger partial charge in [-0.25, -0.2) is 0 Å². The van der Waals surface area contributed by atoms with Crippen molar-refractivity contribution < 1.29 is 10.2 Å². The minimum absolute atomic E-state index is 0.0651. The lowest BCUT2D eigenvalue weighted by Crippen LogP contribution is -2.06. The van der Waals surface area contributed by atoms with Crippen LogP contribution in [0.4, 0.5) is 0 Å². The van der Waals surface area contributed by atoms with E-state index in [2.05, 4.69) is 13.8 Å². The summed E-state index contributed by atoms with van der Waals surface area (Å²) in [6, 6.07) is 0. The van der Waals surface area contributed by atoms with Crippen LogP contribution in [0, 0.1) is 0 Å². The predicted molar refractivity (Wildman–Crippen MR) is 106 cm³/mol. The Bertz CT molecular complexity index is 206. The molecule has 0 spiro atoms. The predicted octanol–water partition coefficient (Wildman–Crippen LogP) is 6.77. The first-order valence-electron chi connectivity index (χ1n) is 11.1. The Kier molecular flexibility index (Phi) is 19.2. The molecule has 2 nitrogen and oxygen atoms in total. The topological polar surface area (TPSA) is 40.5 Å². The van der Waals surface area contributed by atoms with Crippen molar-refractivity contribution in [1.82, 2.24) is 0 Å². The summed E-state index contributed by atoms with van der Waals surface area (Å²) in [7, 11) is 0. The van der Waals surface area contributed by atoms with Gasteiger partial charge in [0.25, 0.3) is 0 Å². The van der Waals surface area contributed by atoms with Gasteiger partial charge in [0.1, 0.15) is 0 Å². The van der Waals surface area contributed by atoms with Gasteiger partial charge in [0.05, 0.1) is 12.2 Å². The average molecular weight is 343 g/mol. The summed E-state index contributed by atoms with van der Waals surface area (Å²) in [5, 5.41) is 19.9. The molecule has 0 aromatic rings. The third kappa shape index (κ3) is 18.3. The molecular formula is C22H46O2. The maximum Gasteiger partial charge on any atom is 0.0540 e. The van der Waals surface area contributed by atoms with Gasteiger partial charge in [0, 0.05) is 0 Å². The lowest BCUT2D eigenvalue weighted by molar-refractivity contribution is 0.145. The van der Waals surface area contributed by atoms with Gasteiger partial charge >= 0.3 is 0 Å². The van der Waals surface area contributed by atoms with E-state index in [0.29, 0.717) is 0 Å². The third-order valence-corrected chi connectivity index (χ3v) is 5.11. The minimum atomic E-state index is -0.0651. The molecule has 0 bridgehead atoms. The van der Waals surface area contributed by atoms with Crippen LogP contribution in [0.1, 0.15) is 129 Å². The number of unbranched alkanes of at least 4 members (excludes halogenated alkanes) is 11. The van der Waals surface area contributed by atoms with Crippen molar-refractivity contribution >= 4 is 0 Å². The van der Waals surface area contributed by atoms with E-state index >= 15 is 0 Å². The van der Waals surface area contributed by atoms with Crippen molar-refractivity contribution in [2.24, 2.45) is 0 Å². The van der Waals surface area contributed by atoms with E-state index in [1.165, 1.54) is 89.9 Å². The fourth-order valence-electron chi connectivity index (χ4n) is 3.37. The van der Waals surface area contributed by atoms with Crippen LogP contribution in [0.15, 0.2) is 0 Å². The second kappa shape index (κ2) is 19.2. The van der Waals surface area contributed by atoms with Crippen LogP contribution in [0.25, 0.3) is 0 Å². The molecule has 0 saturated carbocycles. The molecule has 0 unspecified atom stereocenters. The standard InChI is InChI=1S/C22H46O2/c1-3-5-7-13-17-21(23)19-15-11-9-10-12-16-20-22(24)18-14-8-6-4-2/h21-24H,3-20H2,1-2H3/t21-,22-/m1/s1. The molecule has 2 heteroatoms. The Morgan fingerprint density at radius 3 is 0.958 bits per heavy atom. The van der Waals surface area contributed by atoms with Crippen LogP contribution >= 0.6 is 0 Å². The smallest absolute Gasteiger partial charge is 0.0540 e. The first-order valence-corrected chi connectivity index (χ1v) is 11.1. The fraction of sp³-hybridized carbons (Fsp3) is 1.00. The maximum absolute atomic E-state index is 9.93. The van der Waals surface area contributed by atoms with Crippen molar-refractivity contribution in [1.29, 1.82) is 0 Å². The highest BCUT2D eigenvalue weighted by Gasteiger charge is 2.05. The van der Waals surface area contributed by atoms with Gasteiger partial charge in [0.2, 0.25) is 0 Å². The molecule has 0 heterocycles. The monoisotopic (exact) mass is 342 g/mol. The number of rotatable bonds is 19. The van der Waals surface area contributed by atoms with Crippen molar-refractivity contribution in [3.05, 3.63) is 0 Å². The number of aliphatic hydroxyl groups excluding tert-OH is 2. The van der Waals surface area contributed by atoms with Crippen LogP contribution in [0.3, 0.4) is 0 Å². The molecule has 0 aliphatic heterocycles. The van der Waals surface area contributed by atoms with Gasteiger partial charge < -0.3 is 10.2 Å². The van der Waals surface area contributed by atoms with Gasteiger partial charge in [-0.15, -0.1) is 0 Å². The molecule has 0 saturated heterocycles. The molecule has 0 radical (unpaired) electrons. The lowest BCUT2D eigenvalue weighted by Gasteiger charge is -2.11.